The molecule has 1 N–H and O–H groups in total. The molecular weight excluding hydrogens is 212 g/mol. The largest absolute Gasteiger partial charge is 0.393 e. The number of benzene rings is 1. The van der Waals surface area contributed by atoms with E-state index in [2.05, 4.69) is 45.0 Å². The Balaban J connectivity index is 2.12. The first kappa shape index (κ1) is 12.6. The molecule has 1 saturated heterocycles. The van der Waals surface area contributed by atoms with Crippen molar-refractivity contribution in [1.29, 1.82) is 0 Å². The van der Waals surface area contributed by atoms with E-state index in [9.17, 15) is 5.11 Å². The Morgan fingerprint density at radius 2 is 1.82 bits per heavy atom. The Morgan fingerprint density at radius 3 is 2.35 bits per heavy atom. The van der Waals surface area contributed by atoms with Gasteiger partial charge in [0.05, 0.1) is 12.2 Å². The zero-order valence-electron chi connectivity index (χ0n) is 10.9. The molecule has 0 aliphatic carbocycles. The van der Waals surface area contributed by atoms with Gasteiger partial charge < -0.3 is 9.84 Å². The van der Waals surface area contributed by atoms with E-state index in [1.807, 2.05) is 0 Å². The number of hydrogen-bond acceptors (Lipinski definition) is 2. The molecule has 2 heteroatoms. The van der Waals surface area contributed by atoms with Gasteiger partial charge in [-0.15, -0.1) is 0 Å². The van der Waals surface area contributed by atoms with E-state index in [4.69, 9.17) is 4.74 Å². The number of hydrogen-bond donors (Lipinski definition) is 1. The van der Waals surface area contributed by atoms with Gasteiger partial charge in [0.1, 0.15) is 0 Å². The Bertz CT molecular complexity index is 362. The highest BCUT2D eigenvalue weighted by molar-refractivity contribution is 5.28. The van der Waals surface area contributed by atoms with Crippen molar-refractivity contribution in [3.05, 3.63) is 35.4 Å². The molecule has 0 saturated carbocycles. The van der Waals surface area contributed by atoms with Gasteiger partial charge in [-0.1, -0.05) is 45.0 Å². The summed E-state index contributed by atoms with van der Waals surface area (Å²) in [6.45, 7) is 7.29. The standard InChI is InChI=1S/C15H22O2/c1-15(2,3)12-6-4-11(5-7-12)14-10-13(16)8-9-17-14/h4-7,13-14,16H,8-10H2,1-3H3/t13-,14+/m0/s1. The lowest BCUT2D eigenvalue weighted by Gasteiger charge is -2.27. The highest BCUT2D eigenvalue weighted by Crippen LogP contribution is 2.30. The van der Waals surface area contributed by atoms with Crippen LogP contribution in [0.2, 0.25) is 0 Å². The van der Waals surface area contributed by atoms with E-state index < -0.39 is 0 Å². The molecule has 1 aliphatic rings. The quantitative estimate of drug-likeness (QED) is 0.808. The molecule has 1 fully saturated rings. The van der Waals surface area contributed by atoms with E-state index in [0.29, 0.717) is 6.61 Å². The maximum atomic E-state index is 9.64. The van der Waals surface area contributed by atoms with Gasteiger partial charge in [0, 0.05) is 13.0 Å². The second-order valence-electron chi connectivity index (χ2n) is 5.91. The molecule has 2 rings (SSSR count). The minimum atomic E-state index is -0.212. The molecule has 1 aromatic carbocycles. The lowest BCUT2D eigenvalue weighted by atomic mass is 9.86. The second-order valence-corrected chi connectivity index (χ2v) is 5.91. The van der Waals surface area contributed by atoms with Crippen LogP contribution in [0.15, 0.2) is 24.3 Å². The van der Waals surface area contributed by atoms with Crippen LogP contribution in [0.5, 0.6) is 0 Å². The van der Waals surface area contributed by atoms with Crippen LogP contribution in [0.25, 0.3) is 0 Å². The summed E-state index contributed by atoms with van der Waals surface area (Å²) in [7, 11) is 0. The minimum absolute atomic E-state index is 0.0627. The topological polar surface area (TPSA) is 29.5 Å². The summed E-state index contributed by atoms with van der Waals surface area (Å²) in [5.74, 6) is 0. The highest BCUT2D eigenvalue weighted by Gasteiger charge is 2.22. The summed E-state index contributed by atoms with van der Waals surface area (Å²) >= 11 is 0. The number of aliphatic hydroxyl groups excluding tert-OH is 1. The molecule has 0 aromatic heterocycles. The molecule has 0 bridgehead atoms. The molecule has 0 spiro atoms. The lowest BCUT2D eigenvalue weighted by Crippen LogP contribution is -2.23. The lowest BCUT2D eigenvalue weighted by molar-refractivity contribution is -0.0448. The van der Waals surface area contributed by atoms with Crippen molar-refractivity contribution in [2.45, 2.75) is 51.2 Å². The third kappa shape index (κ3) is 3.08. The van der Waals surface area contributed by atoms with Gasteiger partial charge in [-0.3, -0.25) is 0 Å². The molecule has 17 heavy (non-hydrogen) atoms. The van der Waals surface area contributed by atoms with Crippen molar-refractivity contribution in [3.8, 4) is 0 Å². The highest BCUT2D eigenvalue weighted by atomic mass is 16.5. The summed E-state index contributed by atoms with van der Waals surface area (Å²) in [6, 6.07) is 8.59. The molecule has 1 aliphatic heterocycles. The van der Waals surface area contributed by atoms with Gasteiger partial charge in [0.2, 0.25) is 0 Å². The fourth-order valence-electron chi connectivity index (χ4n) is 2.21. The van der Waals surface area contributed by atoms with E-state index in [0.717, 1.165) is 12.8 Å². The first-order valence-electron chi connectivity index (χ1n) is 6.37. The Hall–Kier alpha value is -0.860. The fraction of sp³-hybridized carbons (Fsp3) is 0.600. The monoisotopic (exact) mass is 234 g/mol. The van der Waals surface area contributed by atoms with Gasteiger partial charge in [-0.2, -0.15) is 0 Å². The molecule has 2 nitrogen and oxygen atoms in total. The van der Waals surface area contributed by atoms with Crippen LogP contribution in [-0.4, -0.2) is 17.8 Å². The van der Waals surface area contributed by atoms with Gasteiger partial charge in [-0.25, -0.2) is 0 Å². The van der Waals surface area contributed by atoms with Crippen LogP contribution in [0, 0.1) is 0 Å². The minimum Gasteiger partial charge on any atom is -0.393 e. The van der Waals surface area contributed by atoms with Crippen LogP contribution >= 0.6 is 0 Å². The molecular formula is C15H22O2. The third-order valence-electron chi connectivity index (χ3n) is 3.40. The first-order chi connectivity index (χ1) is 7.97. The summed E-state index contributed by atoms with van der Waals surface area (Å²) in [6.07, 6.45) is 1.33. The van der Waals surface area contributed by atoms with Gasteiger partial charge in [-0.05, 0) is 23.0 Å². The Kier molecular flexibility index (Phi) is 3.55. The zero-order chi connectivity index (χ0) is 12.5. The average Bonchev–Trinajstić information content (AvgIpc) is 2.28. The van der Waals surface area contributed by atoms with Gasteiger partial charge in [0.15, 0.2) is 0 Å². The maximum Gasteiger partial charge on any atom is 0.0849 e. The van der Waals surface area contributed by atoms with Crippen molar-refractivity contribution in [3.63, 3.8) is 0 Å². The second kappa shape index (κ2) is 4.79. The molecule has 1 heterocycles. The summed E-state index contributed by atoms with van der Waals surface area (Å²) in [4.78, 5) is 0. The smallest absolute Gasteiger partial charge is 0.0849 e. The molecule has 94 valence electrons. The van der Waals surface area contributed by atoms with E-state index in [1.165, 1.54) is 11.1 Å². The third-order valence-corrected chi connectivity index (χ3v) is 3.40. The van der Waals surface area contributed by atoms with Crippen LogP contribution < -0.4 is 0 Å². The molecule has 1 aromatic rings. The van der Waals surface area contributed by atoms with Crippen molar-refractivity contribution >= 4 is 0 Å². The van der Waals surface area contributed by atoms with E-state index >= 15 is 0 Å². The van der Waals surface area contributed by atoms with Gasteiger partial charge >= 0.3 is 0 Å². The van der Waals surface area contributed by atoms with E-state index in [1.54, 1.807) is 0 Å². The van der Waals surface area contributed by atoms with Gasteiger partial charge in [0.25, 0.3) is 0 Å². The van der Waals surface area contributed by atoms with E-state index in [-0.39, 0.29) is 17.6 Å². The molecule has 0 unspecified atom stereocenters. The van der Waals surface area contributed by atoms with Crippen molar-refractivity contribution in [2.24, 2.45) is 0 Å². The van der Waals surface area contributed by atoms with Crippen LogP contribution in [-0.2, 0) is 10.2 Å². The maximum absolute atomic E-state index is 9.64. The van der Waals surface area contributed by atoms with Crippen molar-refractivity contribution in [2.75, 3.05) is 6.61 Å². The summed E-state index contributed by atoms with van der Waals surface area (Å²) < 4.78 is 5.70. The fourth-order valence-corrected chi connectivity index (χ4v) is 2.21. The van der Waals surface area contributed by atoms with Crippen molar-refractivity contribution in [1.82, 2.24) is 0 Å². The van der Waals surface area contributed by atoms with Crippen LogP contribution in [0.1, 0.15) is 50.8 Å². The summed E-state index contributed by atoms with van der Waals surface area (Å²) in [5.41, 5.74) is 2.69. The zero-order valence-corrected chi connectivity index (χ0v) is 10.9. The van der Waals surface area contributed by atoms with Crippen molar-refractivity contribution < 1.29 is 9.84 Å². The molecule has 0 amide bonds. The first-order valence-corrected chi connectivity index (χ1v) is 6.37. The number of aliphatic hydroxyl groups is 1. The number of rotatable bonds is 1. The predicted octanol–water partition coefficient (Wildman–Crippen LogP) is 3.20. The Morgan fingerprint density at radius 1 is 1.18 bits per heavy atom. The SMILES string of the molecule is CC(C)(C)c1ccc([C@H]2C[C@@H](O)CCO2)cc1. The molecule has 2 atom stereocenters. The van der Waals surface area contributed by atoms with Crippen LogP contribution in [0.3, 0.4) is 0 Å². The number of ether oxygens (including phenoxy) is 1. The predicted molar refractivity (Wildman–Crippen MR) is 69.1 cm³/mol. The normalized spacial score (nSPS) is 25.9. The van der Waals surface area contributed by atoms with Crippen LogP contribution in [0.4, 0.5) is 0 Å². The average molecular weight is 234 g/mol. The molecule has 0 radical (unpaired) electrons. The summed E-state index contributed by atoms with van der Waals surface area (Å²) in [5, 5.41) is 9.64. The Labute approximate surface area is 104 Å².